The first kappa shape index (κ1) is 22.2. The molecule has 0 heterocycles. The summed E-state index contributed by atoms with van der Waals surface area (Å²) in [5.74, 6) is -0.305. The Morgan fingerprint density at radius 3 is 2.03 bits per heavy atom. The Morgan fingerprint density at radius 1 is 0.806 bits per heavy atom. The first-order valence-electron chi connectivity index (χ1n) is 10.4. The third kappa shape index (κ3) is 6.79. The molecule has 0 radical (unpaired) electrons. The van der Waals surface area contributed by atoms with E-state index in [-0.39, 0.29) is 18.2 Å². The molecule has 0 aromatic heterocycles. The standard InChI is InChI=1S/C26H29N3O2/c1-29(2)19-23-16-10-9-15-22(23)18-27-25(30)17-24(20-11-5-3-6-12-20)28-26(31)21-13-7-4-8-14-21/h3-16,24H,17-19H2,1-2H3,(H,27,30)(H,28,31)/t24-/m1/s1. The molecule has 0 fully saturated rings. The van der Waals surface area contributed by atoms with Crippen molar-refractivity contribution in [1.29, 1.82) is 0 Å². The molecule has 0 saturated heterocycles. The molecule has 2 N–H and O–H groups in total. The Hall–Kier alpha value is -3.44. The highest BCUT2D eigenvalue weighted by atomic mass is 16.2. The Kier molecular flexibility index (Phi) is 7.96. The van der Waals surface area contributed by atoms with Gasteiger partial charge in [-0.25, -0.2) is 0 Å². The van der Waals surface area contributed by atoms with Gasteiger partial charge in [0.25, 0.3) is 5.91 Å². The summed E-state index contributed by atoms with van der Waals surface area (Å²) in [5.41, 5.74) is 3.75. The molecule has 0 unspecified atom stereocenters. The van der Waals surface area contributed by atoms with Crippen molar-refractivity contribution >= 4 is 11.8 Å². The lowest BCUT2D eigenvalue weighted by atomic mass is 10.0. The number of nitrogens with one attached hydrogen (secondary N) is 2. The summed E-state index contributed by atoms with van der Waals surface area (Å²) in [6.45, 7) is 1.27. The molecule has 5 heteroatoms. The van der Waals surface area contributed by atoms with Crippen LogP contribution in [0.2, 0.25) is 0 Å². The molecule has 1 atom stereocenters. The van der Waals surface area contributed by atoms with Gasteiger partial charge in [0.1, 0.15) is 0 Å². The molecule has 0 aliphatic heterocycles. The van der Waals surface area contributed by atoms with Crippen molar-refractivity contribution in [1.82, 2.24) is 15.5 Å². The molecule has 0 aliphatic carbocycles. The van der Waals surface area contributed by atoms with E-state index in [9.17, 15) is 9.59 Å². The van der Waals surface area contributed by atoms with Gasteiger partial charge in [-0.05, 0) is 42.9 Å². The van der Waals surface area contributed by atoms with Crippen LogP contribution in [-0.2, 0) is 17.9 Å². The van der Waals surface area contributed by atoms with Gasteiger partial charge in [0.15, 0.2) is 0 Å². The number of benzene rings is 3. The van der Waals surface area contributed by atoms with E-state index in [2.05, 4.69) is 21.6 Å². The van der Waals surface area contributed by atoms with Crippen LogP contribution in [0.25, 0.3) is 0 Å². The number of hydrogen-bond donors (Lipinski definition) is 2. The van der Waals surface area contributed by atoms with Crippen molar-refractivity contribution in [3.63, 3.8) is 0 Å². The molecular formula is C26H29N3O2. The van der Waals surface area contributed by atoms with E-state index in [1.165, 1.54) is 5.56 Å². The van der Waals surface area contributed by atoms with Gasteiger partial charge in [-0.3, -0.25) is 9.59 Å². The normalized spacial score (nSPS) is 11.7. The number of rotatable bonds is 9. The molecule has 0 saturated carbocycles. The average molecular weight is 416 g/mol. The van der Waals surface area contributed by atoms with Gasteiger partial charge in [-0.1, -0.05) is 72.8 Å². The van der Waals surface area contributed by atoms with Gasteiger partial charge in [0.05, 0.1) is 12.5 Å². The van der Waals surface area contributed by atoms with Crippen LogP contribution in [0.1, 0.15) is 39.5 Å². The number of carbonyl (C=O) groups is 2. The smallest absolute Gasteiger partial charge is 0.251 e. The van der Waals surface area contributed by atoms with Crippen LogP contribution in [-0.4, -0.2) is 30.8 Å². The highest BCUT2D eigenvalue weighted by molar-refractivity contribution is 5.94. The second-order valence-electron chi connectivity index (χ2n) is 7.79. The number of hydrogen-bond acceptors (Lipinski definition) is 3. The maximum absolute atomic E-state index is 12.8. The minimum absolute atomic E-state index is 0.109. The van der Waals surface area contributed by atoms with E-state index in [1.807, 2.05) is 80.8 Å². The van der Waals surface area contributed by atoms with Crippen LogP contribution < -0.4 is 10.6 Å². The zero-order valence-electron chi connectivity index (χ0n) is 18.0. The first-order valence-corrected chi connectivity index (χ1v) is 10.4. The SMILES string of the molecule is CN(C)Cc1ccccc1CNC(=O)C[C@@H](NC(=O)c1ccccc1)c1ccccc1. The minimum Gasteiger partial charge on any atom is -0.352 e. The Bertz CT molecular complexity index is 988. The molecule has 160 valence electrons. The summed E-state index contributed by atoms with van der Waals surface area (Å²) >= 11 is 0. The largest absolute Gasteiger partial charge is 0.352 e. The minimum atomic E-state index is -0.411. The van der Waals surface area contributed by atoms with Gasteiger partial charge in [0, 0.05) is 18.7 Å². The summed E-state index contributed by atoms with van der Waals surface area (Å²) in [4.78, 5) is 27.6. The van der Waals surface area contributed by atoms with Crippen LogP contribution in [0.5, 0.6) is 0 Å². The molecular weight excluding hydrogens is 386 g/mol. The van der Waals surface area contributed by atoms with E-state index in [0.29, 0.717) is 12.1 Å². The molecule has 31 heavy (non-hydrogen) atoms. The fraction of sp³-hybridized carbons (Fsp3) is 0.231. The second-order valence-corrected chi connectivity index (χ2v) is 7.79. The third-order valence-electron chi connectivity index (χ3n) is 5.01. The van der Waals surface area contributed by atoms with Crippen LogP contribution in [0.4, 0.5) is 0 Å². The number of nitrogens with zero attached hydrogens (tertiary/aromatic N) is 1. The monoisotopic (exact) mass is 415 g/mol. The van der Waals surface area contributed by atoms with Crippen molar-refractivity contribution in [3.8, 4) is 0 Å². The molecule has 3 aromatic rings. The average Bonchev–Trinajstić information content (AvgIpc) is 2.79. The maximum atomic E-state index is 12.8. The van der Waals surface area contributed by atoms with Crippen molar-refractivity contribution in [2.75, 3.05) is 14.1 Å². The predicted molar refractivity (Wildman–Crippen MR) is 123 cm³/mol. The van der Waals surface area contributed by atoms with Crippen LogP contribution in [0.3, 0.4) is 0 Å². The van der Waals surface area contributed by atoms with Crippen LogP contribution in [0.15, 0.2) is 84.9 Å². The first-order chi connectivity index (χ1) is 15.0. The van der Waals surface area contributed by atoms with Gasteiger partial charge in [-0.15, -0.1) is 0 Å². The van der Waals surface area contributed by atoms with E-state index in [4.69, 9.17) is 0 Å². The molecule has 3 aromatic carbocycles. The van der Waals surface area contributed by atoms with Gasteiger partial charge >= 0.3 is 0 Å². The maximum Gasteiger partial charge on any atom is 0.251 e. The lowest BCUT2D eigenvalue weighted by Crippen LogP contribution is -2.33. The van der Waals surface area contributed by atoms with E-state index < -0.39 is 6.04 Å². The molecule has 3 rings (SSSR count). The fourth-order valence-corrected chi connectivity index (χ4v) is 3.44. The van der Waals surface area contributed by atoms with Gasteiger partial charge in [0.2, 0.25) is 5.91 Å². The van der Waals surface area contributed by atoms with Crippen LogP contribution in [0, 0.1) is 0 Å². The second kappa shape index (κ2) is 11.1. The summed E-state index contributed by atoms with van der Waals surface area (Å²) in [6, 6.07) is 26.3. The van der Waals surface area contributed by atoms with Crippen LogP contribution >= 0.6 is 0 Å². The highest BCUT2D eigenvalue weighted by Crippen LogP contribution is 2.18. The lowest BCUT2D eigenvalue weighted by Gasteiger charge is -2.20. The summed E-state index contributed by atoms with van der Waals surface area (Å²) < 4.78 is 0. The molecule has 2 amide bonds. The van der Waals surface area contributed by atoms with Gasteiger partial charge < -0.3 is 15.5 Å². The summed E-state index contributed by atoms with van der Waals surface area (Å²) in [6.07, 6.45) is 0.165. The summed E-state index contributed by atoms with van der Waals surface area (Å²) in [5, 5.41) is 6.03. The molecule has 0 bridgehead atoms. The van der Waals surface area contributed by atoms with Crippen molar-refractivity contribution < 1.29 is 9.59 Å². The third-order valence-corrected chi connectivity index (χ3v) is 5.01. The fourth-order valence-electron chi connectivity index (χ4n) is 3.44. The zero-order valence-corrected chi connectivity index (χ0v) is 18.0. The van der Waals surface area contributed by atoms with Crippen molar-refractivity contribution in [2.24, 2.45) is 0 Å². The number of carbonyl (C=O) groups excluding carboxylic acids is 2. The zero-order chi connectivity index (χ0) is 22.1. The molecule has 0 spiro atoms. The Balaban J connectivity index is 1.67. The topological polar surface area (TPSA) is 61.4 Å². The Morgan fingerprint density at radius 2 is 1.39 bits per heavy atom. The molecule has 5 nitrogen and oxygen atoms in total. The van der Waals surface area contributed by atoms with E-state index in [0.717, 1.165) is 17.7 Å². The highest BCUT2D eigenvalue weighted by Gasteiger charge is 2.19. The van der Waals surface area contributed by atoms with Gasteiger partial charge in [-0.2, -0.15) is 0 Å². The predicted octanol–water partition coefficient (Wildman–Crippen LogP) is 3.93. The van der Waals surface area contributed by atoms with E-state index in [1.54, 1.807) is 12.1 Å². The number of amides is 2. The summed E-state index contributed by atoms with van der Waals surface area (Å²) in [7, 11) is 4.05. The lowest BCUT2D eigenvalue weighted by molar-refractivity contribution is -0.121. The van der Waals surface area contributed by atoms with Crippen molar-refractivity contribution in [2.45, 2.75) is 25.6 Å². The Labute approximate surface area is 184 Å². The van der Waals surface area contributed by atoms with E-state index >= 15 is 0 Å². The van der Waals surface area contributed by atoms with Crippen molar-refractivity contribution in [3.05, 3.63) is 107 Å². The molecule has 0 aliphatic rings. The quantitative estimate of drug-likeness (QED) is 0.557.